The lowest BCUT2D eigenvalue weighted by molar-refractivity contribution is 0.230. The second-order valence-electron chi connectivity index (χ2n) is 4.18. The molecule has 0 spiro atoms. The second kappa shape index (κ2) is 6.72. The van der Waals surface area contributed by atoms with Gasteiger partial charge in [0.05, 0.1) is 0 Å². The third kappa shape index (κ3) is 5.58. The van der Waals surface area contributed by atoms with E-state index in [1.165, 1.54) is 51.1 Å². The fraction of sp³-hybridized carbons (Fsp3) is 1.00. The lowest BCUT2D eigenvalue weighted by atomic mass is 10.1. The van der Waals surface area contributed by atoms with Gasteiger partial charge in [-0.2, -0.15) is 11.8 Å². The molecule has 0 aromatic carbocycles. The highest BCUT2D eigenvalue weighted by Crippen LogP contribution is 2.13. The van der Waals surface area contributed by atoms with Crippen molar-refractivity contribution >= 4 is 11.8 Å². The summed E-state index contributed by atoms with van der Waals surface area (Å²) < 4.78 is 0. The van der Waals surface area contributed by atoms with Crippen LogP contribution < -0.4 is 0 Å². The molecule has 0 atom stereocenters. The number of thioether (sulfide) groups is 1. The van der Waals surface area contributed by atoms with Gasteiger partial charge in [-0.05, 0) is 49.9 Å². The molecule has 0 aliphatic carbocycles. The molecule has 1 nitrogen and oxygen atoms in total. The molecule has 1 heterocycles. The van der Waals surface area contributed by atoms with Crippen LogP contribution in [0.2, 0.25) is 0 Å². The van der Waals surface area contributed by atoms with Crippen LogP contribution in [0.3, 0.4) is 0 Å². The monoisotopic (exact) mass is 201 g/mol. The van der Waals surface area contributed by atoms with Crippen LogP contribution in [-0.4, -0.2) is 35.5 Å². The molecule has 2 heteroatoms. The topological polar surface area (TPSA) is 3.24 Å². The van der Waals surface area contributed by atoms with Crippen molar-refractivity contribution in [3.63, 3.8) is 0 Å². The summed E-state index contributed by atoms with van der Waals surface area (Å²) in [4.78, 5) is 2.63. The summed E-state index contributed by atoms with van der Waals surface area (Å²) in [5, 5.41) is 0.807. The third-order valence-corrected chi connectivity index (χ3v) is 3.71. The lowest BCUT2D eigenvalue weighted by Crippen LogP contribution is -2.30. The molecule has 0 amide bonds. The predicted octanol–water partition coefficient (Wildman–Crippen LogP) is 3.00. The van der Waals surface area contributed by atoms with E-state index in [0.717, 1.165) is 5.25 Å². The average Bonchev–Trinajstić information content (AvgIpc) is 2.14. The van der Waals surface area contributed by atoms with Crippen LogP contribution in [0.4, 0.5) is 0 Å². The highest BCUT2D eigenvalue weighted by atomic mass is 32.2. The van der Waals surface area contributed by atoms with Crippen LogP contribution in [0.5, 0.6) is 0 Å². The molecule has 0 bridgehead atoms. The summed E-state index contributed by atoms with van der Waals surface area (Å²) >= 11 is 2.09. The zero-order chi connectivity index (χ0) is 9.52. The molecule has 0 saturated carbocycles. The number of piperidine rings is 1. The molecular weight excluding hydrogens is 178 g/mol. The minimum absolute atomic E-state index is 0.807. The first-order valence-electron chi connectivity index (χ1n) is 5.63. The van der Waals surface area contributed by atoms with Crippen LogP contribution >= 0.6 is 11.8 Å². The Kier molecular flexibility index (Phi) is 5.88. The first-order valence-corrected chi connectivity index (χ1v) is 6.68. The molecule has 0 aromatic heterocycles. The smallest absolute Gasteiger partial charge is 0.000968 e. The van der Waals surface area contributed by atoms with Crippen molar-refractivity contribution in [1.82, 2.24) is 4.90 Å². The molecule has 1 rings (SSSR count). The molecule has 1 saturated heterocycles. The third-order valence-electron chi connectivity index (χ3n) is 2.52. The first-order chi connectivity index (χ1) is 6.29. The standard InChI is InChI=1S/C11H23NS/c1-11(2)13-10-6-9-12-7-4-3-5-8-12/h11H,3-10H2,1-2H3. The van der Waals surface area contributed by atoms with E-state index in [0.29, 0.717) is 0 Å². The van der Waals surface area contributed by atoms with Crippen molar-refractivity contribution in [3.05, 3.63) is 0 Å². The molecule has 0 aromatic rings. The number of likely N-dealkylation sites (tertiary alicyclic amines) is 1. The van der Waals surface area contributed by atoms with E-state index in [1.807, 2.05) is 0 Å². The summed E-state index contributed by atoms with van der Waals surface area (Å²) in [7, 11) is 0. The van der Waals surface area contributed by atoms with Crippen molar-refractivity contribution in [1.29, 1.82) is 0 Å². The van der Waals surface area contributed by atoms with Gasteiger partial charge >= 0.3 is 0 Å². The average molecular weight is 201 g/mol. The molecule has 1 fully saturated rings. The highest BCUT2D eigenvalue weighted by Gasteiger charge is 2.08. The Morgan fingerprint density at radius 1 is 1.15 bits per heavy atom. The van der Waals surface area contributed by atoms with Crippen molar-refractivity contribution < 1.29 is 0 Å². The van der Waals surface area contributed by atoms with Gasteiger partial charge in [0, 0.05) is 0 Å². The van der Waals surface area contributed by atoms with E-state index >= 15 is 0 Å². The second-order valence-corrected chi connectivity index (χ2v) is 5.86. The summed E-state index contributed by atoms with van der Waals surface area (Å²) in [6.07, 6.45) is 5.69. The van der Waals surface area contributed by atoms with Crippen molar-refractivity contribution in [2.24, 2.45) is 0 Å². The highest BCUT2D eigenvalue weighted by molar-refractivity contribution is 7.99. The predicted molar refractivity (Wildman–Crippen MR) is 62.5 cm³/mol. The Morgan fingerprint density at radius 3 is 2.46 bits per heavy atom. The van der Waals surface area contributed by atoms with Gasteiger partial charge in [0.25, 0.3) is 0 Å². The van der Waals surface area contributed by atoms with E-state index in [2.05, 4.69) is 30.5 Å². The summed E-state index contributed by atoms with van der Waals surface area (Å²) in [6.45, 7) is 8.61. The molecule has 0 radical (unpaired) electrons. The van der Waals surface area contributed by atoms with Gasteiger partial charge in [0.15, 0.2) is 0 Å². The number of rotatable bonds is 5. The Bertz CT molecular complexity index is 119. The van der Waals surface area contributed by atoms with Crippen molar-refractivity contribution in [2.75, 3.05) is 25.4 Å². The van der Waals surface area contributed by atoms with Crippen LogP contribution in [-0.2, 0) is 0 Å². The maximum Gasteiger partial charge on any atom is -0.000968 e. The van der Waals surface area contributed by atoms with Crippen LogP contribution in [0.25, 0.3) is 0 Å². The zero-order valence-electron chi connectivity index (χ0n) is 9.09. The van der Waals surface area contributed by atoms with Gasteiger partial charge in [-0.25, -0.2) is 0 Å². The quantitative estimate of drug-likeness (QED) is 0.629. The van der Waals surface area contributed by atoms with Gasteiger partial charge in [-0.15, -0.1) is 0 Å². The van der Waals surface area contributed by atoms with Crippen molar-refractivity contribution in [3.8, 4) is 0 Å². The maximum absolute atomic E-state index is 2.63. The Hall–Kier alpha value is 0.310. The molecule has 1 aliphatic heterocycles. The van der Waals surface area contributed by atoms with Gasteiger partial charge in [-0.3, -0.25) is 0 Å². The normalized spacial score (nSPS) is 19.6. The van der Waals surface area contributed by atoms with E-state index < -0.39 is 0 Å². The van der Waals surface area contributed by atoms with E-state index in [1.54, 1.807) is 0 Å². The summed E-state index contributed by atoms with van der Waals surface area (Å²) in [6, 6.07) is 0. The number of hydrogen-bond acceptors (Lipinski definition) is 2. The van der Waals surface area contributed by atoms with E-state index in [9.17, 15) is 0 Å². The van der Waals surface area contributed by atoms with Gasteiger partial charge in [-0.1, -0.05) is 20.3 Å². The zero-order valence-corrected chi connectivity index (χ0v) is 9.91. The molecular formula is C11H23NS. The first kappa shape index (κ1) is 11.4. The fourth-order valence-electron chi connectivity index (χ4n) is 1.79. The molecule has 13 heavy (non-hydrogen) atoms. The van der Waals surface area contributed by atoms with Crippen LogP contribution in [0.1, 0.15) is 39.5 Å². The SMILES string of the molecule is CC(C)SCCCN1CCCCC1. The maximum atomic E-state index is 2.63. The number of nitrogens with zero attached hydrogens (tertiary/aromatic N) is 1. The van der Waals surface area contributed by atoms with Gasteiger partial charge in [0.1, 0.15) is 0 Å². The molecule has 78 valence electrons. The molecule has 1 aliphatic rings. The number of hydrogen-bond donors (Lipinski definition) is 0. The van der Waals surface area contributed by atoms with Gasteiger partial charge < -0.3 is 4.90 Å². The lowest BCUT2D eigenvalue weighted by Gasteiger charge is -2.26. The van der Waals surface area contributed by atoms with E-state index in [-0.39, 0.29) is 0 Å². The summed E-state index contributed by atoms with van der Waals surface area (Å²) in [5.41, 5.74) is 0. The minimum Gasteiger partial charge on any atom is -0.303 e. The van der Waals surface area contributed by atoms with Gasteiger partial charge in [0.2, 0.25) is 0 Å². The minimum atomic E-state index is 0.807. The largest absolute Gasteiger partial charge is 0.303 e. The Morgan fingerprint density at radius 2 is 1.85 bits per heavy atom. The fourth-order valence-corrected chi connectivity index (χ4v) is 2.56. The molecule has 0 unspecified atom stereocenters. The van der Waals surface area contributed by atoms with Crippen LogP contribution in [0.15, 0.2) is 0 Å². The van der Waals surface area contributed by atoms with Crippen LogP contribution in [0, 0.1) is 0 Å². The van der Waals surface area contributed by atoms with E-state index in [4.69, 9.17) is 0 Å². The van der Waals surface area contributed by atoms with Crippen molar-refractivity contribution in [2.45, 2.75) is 44.8 Å². The summed E-state index contributed by atoms with van der Waals surface area (Å²) in [5.74, 6) is 1.34. The Balaban J connectivity index is 1.92. The molecule has 0 N–H and O–H groups in total. The Labute approximate surface area is 87.3 Å².